The molecule has 0 saturated carbocycles. The molecule has 0 aliphatic heterocycles. The predicted molar refractivity (Wildman–Crippen MR) is 78.0 cm³/mol. The molecule has 1 aromatic rings. The van der Waals surface area contributed by atoms with Gasteiger partial charge < -0.3 is 5.32 Å². The number of hydrogen-bond donors (Lipinski definition) is 1. The van der Waals surface area contributed by atoms with Gasteiger partial charge in [0.1, 0.15) is 0 Å². The summed E-state index contributed by atoms with van der Waals surface area (Å²) in [5, 5.41) is 3.44. The first-order valence-electron chi connectivity index (χ1n) is 6.05. The van der Waals surface area contributed by atoms with E-state index in [4.69, 9.17) is 11.6 Å². The minimum atomic E-state index is -0.101. The number of carbonyl (C=O) groups is 1. The zero-order chi connectivity index (χ0) is 13.0. The van der Waals surface area contributed by atoms with Crippen molar-refractivity contribution in [2.24, 2.45) is 5.92 Å². The molecule has 0 heterocycles. The molecule has 1 atom stereocenters. The molecule has 18 heavy (non-hydrogen) atoms. The lowest BCUT2D eigenvalue weighted by molar-refractivity contribution is 0.0946. The summed E-state index contributed by atoms with van der Waals surface area (Å²) in [7, 11) is 0. The van der Waals surface area contributed by atoms with Gasteiger partial charge in [-0.25, -0.2) is 0 Å². The molecule has 1 aromatic carbocycles. The number of nitrogens with one attached hydrogen (secondary N) is 1. The van der Waals surface area contributed by atoms with E-state index in [-0.39, 0.29) is 5.91 Å². The Kier molecular flexibility index (Phi) is 4.84. The molecular weight excluding hydrogens is 314 g/mol. The Morgan fingerprint density at radius 3 is 3.00 bits per heavy atom. The fourth-order valence-electron chi connectivity index (χ4n) is 2.05. The Labute approximate surface area is 121 Å². The smallest absolute Gasteiger partial charge is 0.252 e. The number of rotatable bonds is 3. The lowest BCUT2D eigenvalue weighted by Gasteiger charge is -2.18. The van der Waals surface area contributed by atoms with Crippen LogP contribution in [0.15, 0.2) is 34.8 Å². The van der Waals surface area contributed by atoms with Crippen molar-refractivity contribution in [1.82, 2.24) is 5.32 Å². The van der Waals surface area contributed by atoms with Crippen LogP contribution in [-0.4, -0.2) is 12.5 Å². The van der Waals surface area contributed by atoms with Gasteiger partial charge >= 0.3 is 0 Å². The highest BCUT2D eigenvalue weighted by Crippen LogP contribution is 2.21. The van der Waals surface area contributed by atoms with Crippen molar-refractivity contribution in [3.05, 3.63) is 45.4 Å². The fraction of sp³-hybridized carbons (Fsp3) is 0.357. The van der Waals surface area contributed by atoms with Crippen molar-refractivity contribution in [3.8, 4) is 0 Å². The first-order valence-corrected chi connectivity index (χ1v) is 7.22. The van der Waals surface area contributed by atoms with E-state index in [2.05, 4.69) is 33.4 Å². The SMILES string of the molecule is O=C(NCC1CC=CCC1)c1cc(Br)ccc1Cl. The maximum Gasteiger partial charge on any atom is 0.252 e. The lowest BCUT2D eigenvalue weighted by atomic mass is 9.94. The second-order valence-corrected chi connectivity index (χ2v) is 5.81. The van der Waals surface area contributed by atoms with E-state index in [9.17, 15) is 4.79 Å². The van der Waals surface area contributed by atoms with Gasteiger partial charge in [0, 0.05) is 11.0 Å². The minimum absolute atomic E-state index is 0.101. The summed E-state index contributed by atoms with van der Waals surface area (Å²) in [6.07, 6.45) is 7.68. The van der Waals surface area contributed by atoms with Crippen LogP contribution in [0.25, 0.3) is 0 Å². The predicted octanol–water partition coefficient (Wildman–Crippen LogP) is 4.19. The van der Waals surface area contributed by atoms with Crippen molar-refractivity contribution in [2.75, 3.05) is 6.54 Å². The van der Waals surface area contributed by atoms with E-state index in [1.165, 1.54) is 0 Å². The summed E-state index contributed by atoms with van der Waals surface area (Å²) < 4.78 is 0.859. The molecular formula is C14H15BrClNO. The third-order valence-corrected chi connectivity index (χ3v) is 3.92. The van der Waals surface area contributed by atoms with Crippen molar-refractivity contribution < 1.29 is 4.79 Å². The van der Waals surface area contributed by atoms with Crippen molar-refractivity contribution in [1.29, 1.82) is 0 Å². The van der Waals surface area contributed by atoms with Gasteiger partial charge in [-0.05, 0) is 43.4 Å². The maximum absolute atomic E-state index is 12.0. The average molecular weight is 329 g/mol. The molecule has 1 aliphatic rings. The van der Waals surface area contributed by atoms with E-state index in [0.717, 1.165) is 23.7 Å². The second-order valence-electron chi connectivity index (χ2n) is 4.48. The molecule has 2 rings (SSSR count). The number of benzene rings is 1. The molecule has 0 radical (unpaired) electrons. The number of hydrogen-bond acceptors (Lipinski definition) is 1. The molecule has 96 valence electrons. The quantitative estimate of drug-likeness (QED) is 0.828. The summed E-state index contributed by atoms with van der Waals surface area (Å²) in [4.78, 5) is 12.0. The first-order chi connectivity index (χ1) is 8.66. The molecule has 0 bridgehead atoms. The maximum atomic E-state index is 12.0. The fourth-order valence-corrected chi connectivity index (χ4v) is 2.61. The van der Waals surface area contributed by atoms with Crippen LogP contribution in [0.4, 0.5) is 0 Å². The van der Waals surface area contributed by atoms with Crippen LogP contribution in [-0.2, 0) is 0 Å². The highest BCUT2D eigenvalue weighted by Gasteiger charge is 2.14. The molecule has 1 amide bonds. The van der Waals surface area contributed by atoms with Crippen LogP contribution in [0.5, 0.6) is 0 Å². The second kappa shape index (κ2) is 6.39. The number of halogens is 2. The van der Waals surface area contributed by atoms with Gasteiger partial charge in [-0.2, -0.15) is 0 Å². The third kappa shape index (κ3) is 3.59. The van der Waals surface area contributed by atoms with Gasteiger partial charge in [0.15, 0.2) is 0 Å². The summed E-state index contributed by atoms with van der Waals surface area (Å²) in [6, 6.07) is 5.30. The van der Waals surface area contributed by atoms with Crippen LogP contribution in [0.2, 0.25) is 5.02 Å². The van der Waals surface area contributed by atoms with Crippen LogP contribution < -0.4 is 5.32 Å². The van der Waals surface area contributed by atoms with E-state index >= 15 is 0 Å². The Balaban J connectivity index is 1.95. The molecule has 4 heteroatoms. The van der Waals surface area contributed by atoms with Crippen molar-refractivity contribution in [3.63, 3.8) is 0 Å². The van der Waals surface area contributed by atoms with Gasteiger partial charge in [0.2, 0.25) is 0 Å². The van der Waals surface area contributed by atoms with Crippen LogP contribution in [0, 0.1) is 5.92 Å². The Morgan fingerprint density at radius 2 is 2.28 bits per heavy atom. The number of allylic oxidation sites excluding steroid dienone is 2. The molecule has 0 aromatic heterocycles. The highest BCUT2D eigenvalue weighted by molar-refractivity contribution is 9.10. The summed E-state index contributed by atoms with van der Waals surface area (Å²) >= 11 is 9.36. The summed E-state index contributed by atoms with van der Waals surface area (Å²) in [5.74, 6) is 0.445. The molecule has 0 spiro atoms. The van der Waals surface area contributed by atoms with E-state index in [1.807, 2.05) is 6.07 Å². The number of amides is 1. The van der Waals surface area contributed by atoms with Gasteiger partial charge in [0.25, 0.3) is 5.91 Å². The Bertz CT molecular complexity index is 473. The van der Waals surface area contributed by atoms with E-state index in [0.29, 0.717) is 23.0 Å². The molecule has 1 aliphatic carbocycles. The zero-order valence-corrected chi connectivity index (χ0v) is 12.3. The van der Waals surface area contributed by atoms with Gasteiger partial charge in [-0.15, -0.1) is 0 Å². The molecule has 1 N–H and O–H groups in total. The highest BCUT2D eigenvalue weighted by atomic mass is 79.9. The first kappa shape index (κ1) is 13.6. The van der Waals surface area contributed by atoms with Crippen molar-refractivity contribution >= 4 is 33.4 Å². The van der Waals surface area contributed by atoms with E-state index in [1.54, 1.807) is 12.1 Å². The molecule has 1 unspecified atom stereocenters. The lowest BCUT2D eigenvalue weighted by Crippen LogP contribution is -2.29. The molecule has 0 fully saturated rings. The third-order valence-electron chi connectivity index (χ3n) is 3.10. The summed E-state index contributed by atoms with van der Waals surface area (Å²) in [5.41, 5.74) is 0.525. The van der Waals surface area contributed by atoms with E-state index < -0.39 is 0 Å². The van der Waals surface area contributed by atoms with Gasteiger partial charge in [-0.1, -0.05) is 39.7 Å². The van der Waals surface area contributed by atoms with Gasteiger partial charge in [0.05, 0.1) is 10.6 Å². The van der Waals surface area contributed by atoms with Crippen molar-refractivity contribution in [2.45, 2.75) is 19.3 Å². The standard InChI is InChI=1S/C14H15BrClNO/c15-11-6-7-13(16)12(8-11)14(18)17-9-10-4-2-1-3-5-10/h1-2,6-8,10H,3-5,9H2,(H,17,18). The van der Waals surface area contributed by atoms with Gasteiger partial charge in [-0.3, -0.25) is 4.79 Å². The van der Waals surface area contributed by atoms with Crippen LogP contribution in [0.1, 0.15) is 29.6 Å². The Morgan fingerprint density at radius 1 is 1.44 bits per heavy atom. The molecule has 0 saturated heterocycles. The topological polar surface area (TPSA) is 29.1 Å². The van der Waals surface area contributed by atoms with Crippen LogP contribution in [0.3, 0.4) is 0 Å². The zero-order valence-electron chi connectivity index (χ0n) is 9.96. The monoisotopic (exact) mass is 327 g/mol. The van der Waals surface area contributed by atoms with Crippen LogP contribution >= 0.6 is 27.5 Å². The normalized spacial score (nSPS) is 18.7. The average Bonchev–Trinajstić information content (AvgIpc) is 2.40. The minimum Gasteiger partial charge on any atom is -0.352 e. The largest absolute Gasteiger partial charge is 0.352 e. The summed E-state index contributed by atoms with van der Waals surface area (Å²) in [6.45, 7) is 0.714. The number of carbonyl (C=O) groups excluding carboxylic acids is 1. The Hall–Kier alpha value is -0.800. The molecule has 2 nitrogen and oxygen atoms in total.